The van der Waals surface area contributed by atoms with Crippen molar-refractivity contribution in [3.63, 3.8) is 0 Å². The summed E-state index contributed by atoms with van der Waals surface area (Å²) in [6.07, 6.45) is 16.4. The van der Waals surface area contributed by atoms with E-state index < -0.39 is 0 Å². The number of hydrogen-bond acceptors (Lipinski definition) is 1. The number of benzene rings is 1. The average Bonchev–Trinajstić information content (AvgIpc) is 2.56. The Labute approximate surface area is 144 Å². The Bertz CT molecular complexity index is 422. The quantitative estimate of drug-likeness (QED) is 0.389. The third-order valence-corrected chi connectivity index (χ3v) is 4.95. The first-order chi connectivity index (χ1) is 11.2. The summed E-state index contributed by atoms with van der Waals surface area (Å²) in [6, 6.07) is 4.03. The zero-order chi connectivity index (χ0) is 16.9. The molecule has 1 heteroatoms. The SMILES string of the molecule is CCCCCCCCCCc1c(O)ccc(CC)c1CCCC. The maximum atomic E-state index is 10.3. The summed E-state index contributed by atoms with van der Waals surface area (Å²) in [4.78, 5) is 0. The van der Waals surface area contributed by atoms with E-state index in [1.807, 2.05) is 6.07 Å². The van der Waals surface area contributed by atoms with Crippen molar-refractivity contribution in [2.24, 2.45) is 0 Å². The Morgan fingerprint density at radius 1 is 0.652 bits per heavy atom. The summed E-state index contributed by atoms with van der Waals surface area (Å²) < 4.78 is 0. The van der Waals surface area contributed by atoms with Crippen molar-refractivity contribution < 1.29 is 5.11 Å². The number of phenolic OH excluding ortho intramolecular Hbond substituents is 1. The first-order valence-corrected chi connectivity index (χ1v) is 10.1. The van der Waals surface area contributed by atoms with Crippen LogP contribution in [0.2, 0.25) is 0 Å². The molecule has 1 N–H and O–H groups in total. The van der Waals surface area contributed by atoms with Gasteiger partial charge in [0.25, 0.3) is 0 Å². The number of aryl methyl sites for hydroxylation is 1. The lowest BCUT2D eigenvalue weighted by molar-refractivity contribution is 0.463. The van der Waals surface area contributed by atoms with Gasteiger partial charge in [-0.25, -0.2) is 0 Å². The Kier molecular flexibility index (Phi) is 10.9. The zero-order valence-corrected chi connectivity index (χ0v) is 15.8. The van der Waals surface area contributed by atoms with E-state index in [1.165, 1.54) is 80.9 Å². The molecule has 0 atom stereocenters. The Morgan fingerprint density at radius 2 is 1.22 bits per heavy atom. The molecule has 0 aromatic heterocycles. The van der Waals surface area contributed by atoms with E-state index >= 15 is 0 Å². The second-order valence-corrected chi connectivity index (χ2v) is 6.88. The van der Waals surface area contributed by atoms with Crippen LogP contribution in [0.5, 0.6) is 5.75 Å². The molecule has 0 bridgehead atoms. The van der Waals surface area contributed by atoms with E-state index in [9.17, 15) is 5.11 Å². The smallest absolute Gasteiger partial charge is 0.119 e. The molecule has 1 aromatic rings. The second-order valence-electron chi connectivity index (χ2n) is 6.88. The lowest BCUT2D eigenvalue weighted by atomic mass is 9.91. The lowest BCUT2D eigenvalue weighted by Gasteiger charge is -2.16. The third-order valence-electron chi connectivity index (χ3n) is 4.95. The van der Waals surface area contributed by atoms with Gasteiger partial charge < -0.3 is 5.11 Å². The van der Waals surface area contributed by atoms with E-state index in [2.05, 4.69) is 26.8 Å². The van der Waals surface area contributed by atoms with Crippen molar-refractivity contribution in [1.82, 2.24) is 0 Å². The van der Waals surface area contributed by atoms with Crippen molar-refractivity contribution in [1.29, 1.82) is 0 Å². The molecule has 0 heterocycles. The first kappa shape index (κ1) is 20.1. The summed E-state index contributed by atoms with van der Waals surface area (Å²) >= 11 is 0. The van der Waals surface area contributed by atoms with E-state index in [-0.39, 0.29) is 0 Å². The number of aromatic hydroxyl groups is 1. The molecular formula is C22H38O. The molecule has 0 amide bonds. The third kappa shape index (κ3) is 7.42. The summed E-state index contributed by atoms with van der Waals surface area (Å²) in [7, 11) is 0. The largest absolute Gasteiger partial charge is 0.508 e. The van der Waals surface area contributed by atoms with Crippen LogP contribution in [0.1, 0.15) is 102 Å². The van der Waals surface area contributed by atoms with E-state index in [1.54, 1.807) is 0 Å². The molecule has 132 valence electrons. The summed E-state index contributed by atoms with van der Waals surface area (Å²) in [5.74, 6) is 0.524. The van der Waals surface area contributed by atoms with Crippen LogP contribution in [0.4, 0.5) is 0 Å². The van der Waals surface area contributed by atoms with Crippen molar-refractivity contribution >= 4 is 0 Å². The highest BCUT2D eigenvalue weighted by Crippen LogP contribution is 2.28. The normalized spacial score (nSPS) is 11.1. The van der Waals surface area contributed by atoms with Gasteiger partial charge in [-0.1, -0.05) is 78.2 Å². The Balaban J connectivity index is 2.48. The van der Waals surface area contributed by atoms with Crippen LogP contribution >= 0.6 is 0 Å². The van der Waals surface area contributed by atoms with E-state index in [0.717, 1.165) is 19.3 Å². The van der Waals surface area contributed by atoms with Crippen LogP contribution in [-0.4, -0.2) is 5.11 Å². The topological polar surface area (TPSA) is 20.2 Å². The van der Waals surface area contributed by atoms with Crippen molar-refractivity contribution in [2.45, 2.75) is 104 Å². The van der Waals surface area contributed by atoms with Gasteiger partial charge in [-0.15, -0.1) is 0 Å². The van der Waals surface area contributed by atoms with Gasteiger partial charge in [0, 0.05) is 0 Å². The van der Waals surface area contributed by atoms with Gasteiger partial charge >= 0.3 is 0 Å². The summed E-state index contributed by atoms with van der Waals surface area (Å²) in [5.41, 5.74) is 4.12. The minimum atomic E-state index is 0.524. The molecule has 0 radical (unpaired) electrons. The van der Waals surface area contributed by atoms with E-state index in [0.29, 0.717) is 5.75 Å². The van der Waals surface area contributed by atoms with Gasteiger partial charge in [-0.3, -0.25) is 0 Å². The fourth-order valence-corrected chi connectivity index (χ4v) is 3.44. The number of unbranched alkanes of at least 4 members (excludes halogenated alkanes) is 8. The Hall–Kier alpha value is -0.980. The van der Waals surface area contributed by atoms with E-state index in [4.69, 9.17) is 0 Å². The molecular weight excluding hydrogens is 280 g/mol. The maximum absolute atomic E-state index is 10.3. The number of phenols is 1. The molecule has 0 fully saturated rings. The molecule has 1 aromatic carbocycles. The molecule has 1 rings (SSSR count). The molecule has 23 heavy (non-hydrogen) atoms. The van der Waals surface area contributed by atoms with Crippen LogP contribution in [0.15, 0.2) is 12.1 Å². The van der Waals surface area contributed by atoms with Crippen molar-refractivity contribution in [3.8, 4) is 5.75 Å². The molecule has 0 saturated heterocycles. The van der Waals surface area contributed by atoms with Crippen molar-refractivity contribution in [3.05, 3.63) is 28.8 Å². The van der Waals surface area contributed by atoms with Crippen LogP contribution in [0, 0.1) is 0 Å². The van der Waals surface area contributed by atoms with Crippen LogP contribution in [0.3, 0.4) is 0 Å². The highest BCUT2D eigenvalue weighted by molar-refractivity contribution is 5.44. The Morgan fingerprint density at radius 3 is 1.83 bits per heavy atom. The molecule has 0 saturated carbocycles. The average molecular weight is 319 g/mol. The highest BCUT2D eigenvalue weighted by atomic mass is 16.3. The first-order valence-electron chi connectivity index (χ1n) is 10.1. The van der Waals surface area contributed by atoms with Gasteiger partial charge in [0.05, 0.1) is 0 Å². The molecule has 1 nitrogen and oxygen atoms in total. The molecule has 0 unspecified atom stereocenters. The minimum absolute atomic E-state index is 0.524. The highest BCUT2D eigenvalue weighted by Gasteiger charge is 2.11. The van der Waals surface area contributed by atoms with Crippen LogP contribution in [0.25, 0.3) is 0 Å². The van der Waals surface area contributed by atoms with Crippen LogP contribution in [-0.2, 0) is 19.3 Å². The number of hydrogen-bond donors (Lipinski definition) is 1. The molecule has 0 spiro atoms. The van der Waals surface area contributed by atoms with Gasteiger partial charge in [-0.2, -0.15) is 0 Å². The second kappa shape index (κ2) is 12.4. The standard InChI is InChI=1S/C22H38O/c1-4-7-9-10-11-12-13-14-16-21-20(15-8-5-2)19(6-3)17-18-22(21)23/h17-18,23H,4-16H2,1-3H3. The number of rotatable bonds is 13. The monoisotopic (exact) mass is 318 g/mol. The molecule has 0 aliphatic rings. The van der Waals surface area contributed by atoms with Gasteiger partial charge in [-0.05, 0) is 54.9 Å². The van der Waals surface area contributed by atoms with Gasteiger partial charge in [0.1, 0.15) is 5.75 Å². The van der Waals surface area contributed by atoms with Crippen molar-refractivity contribution in [2.75, 3.05) is 0 Å². The fourth-order valence-electron chi connectivity index (χ4n) is 3.44. The summed E-state index contributed by atoms with van der Waals surface area (Å²) in [5, 5.41) is 10.3. The zero-order valence-electron chi connectivity index (χ0n) is 15.8. The van der Waals surface area contributed by atoms with Gasteiger partial charge in [0.15, 0.2) is 0 Å². The predicted octanol–water partition coefficient (Wildman–Crippen LogP) is 6.98. The lowest BCUT2D eigenvalue weighted by Crippen LogP contribution is -2.01. The van der Waals surface area contributed by atoms with Gasteiger partial charge in [0.2, 0.25) is 0 Å². The molecule has 0 aliphatic heterocycles. The van der Waals surface area contributed by atoms with Crippen LogP contribution < -0.4 is 0 Å². The molecule has 0 aliphatic carbocycles. The fraction of sp³-hybridized carbons (Fsp3) is 0.727. The maximum Gasteiger partial charge on any atom is 0.119 e. The summed E-state index contributed by atoms with van der Waals surface area (Å²) in [6.45, 7) is 6.74. The minimum Gasteiger partial charge on any atom is -0.508 e. The predicted molar refractivity (Wildman–Crippen MR) is 102 cm³/mol.